The Bertz CT molecular complexity index is 811. The molecule has 8 heteroatoms. The van der Waals surface area contributed by atoms with Gasteiger partial charge in [-0.2, -0.15) is 0 Å². The van der Waals surface area contributed by atoms with Gasteiger partial charge in [0.05, 0.1) is 16.8 Å². The number of rotatable bonds is 7. The summed E-state index contributed by atoms with van der Waals surface area (Å²) in [6, 6.07) is 6.62. The minimum absolute atomic E-state index is 0.287. The van der Waals surface area contributed by atoms with E-state index in [9.17, 15) is 13.2 Å². The Labute approximate surface area is 179 Å². The molecule has 2 saturated heterocycles. The third-order valence-corrected chi connectivity index (χ3v) is 9.01. The second kappa shape index (κ2) is 9.66. The van der Waals surface area contributed by atoms with Crippen LogP contribution in [0.4, 0.5) is 10.5 Å². The summed E-state index contributed by atoms with van der Waals surface area (Å²) in [6.07, 6.45) is 6.83. The van der Waals surface area contributed by atoms with Gasteiger partial charge in [-0.1, -0.05) is 18.9 Å². The standard InChI is InChI=1S/C22H33N3O4S/c26-22(23-15-21(17-10-13-29-16-17)25-11-3-4-12-25)24-18-6-5-9-20(14-18)30(27,28)19-7-1-2-8-19/h5-6,9,14,17,19,21H,1-4,7-8,10-13,15-16H2,(H2,23,24,26). The summed E-state index contributed by atoms with van der Waals surface area (Å²) >= 11 is 0. The molecule has 1 aliphatic carbocycles. The number of hydrogen-bond acceptors (Lipinski definition) is 5. The molecule has 2 heterocycles. The summed E-state index contributed by atoms with van der Waals surface area (Å²) in [5.41, 5.74) is 0.508. The van der Waals surface area contributed by atoms with Crippen molar-refractivity contribution in [2.24, 2.45) is 5.92 Å². The van der Waals surface area contributed by atoms with Crippen LogP contribution in [0.25, 0.3) is 0 Å². The Hall–Kier alpha value is -1.64. The summed E-state index contributed by atoms with van der Waals surface area (Å²) in [5.74, 6) is 0.447. The second-order valence-corrected chi connectivity index (χ2v) is 11.0. The lowest BCUT2D eigenvalue weighted by molar-refractivity contribution is 0.135. The van der Waals surface area contributed by atoms with E-state index in [0.29, 0.717) is 23.0 Å². The molecule has 2 amide bonds. The molecule has 0 aromatic heterocycles. The van der Waals surface area contributed by atoms with Crippen LogP contribution in [0.1, 0.15) is 44.9 Å². The molecule has 2 N–H and O–H groups in total. The largest absolute Gasteiger partial charge is 0.381 e. The minimum atomic E-state index is -3.34. The van der Waals surface area contributed by atoms with Gasteiger partial charge in [0.1, 0.15) is 0 Å². The van der Waals surface area contributed by atoms with E-state index in [4.69, 9.17) is 4.74 Å². The molecule has 2 unspecified atom stereocenters. The lowest BCUT2D eigenvalue weighted by Crippen LogP contribution is -2.48. The van der Waals surface area contributed by atoms with Crippen molar-refractivity contribution in [3.8, 4) is 0 Å². The molecule has 4 rings (SSSR count). The topological polar surface area (TPSA) is 87.7 Å². The van der Waals surface area contributed by atoms with E-state index in [1.165, 1.54) is 12.8 Å². The third-order valence-electron chi connectivity index (χ3n) is 6.75. The van der Waals surface area contributed by atoms with Gasteiger partial charge in [0.25, 0.3) is 0 Å². The Balaban J connectivity index is 1.36. The van der Waals surface area contributed by atoms with E-state index in [1.54, 1.807) is 24.3 Å². The summed E-state index contributed by atoms with van der Waals surface area (Å²) in [4.78, 5) is 15.3. The van der Waals surface area contributed by atoms with Crippen LogP contribution in [-0.2, 0) is 14.6 Å². The Kier molecular flexibility index (Phi) is 6.95. The summed E-state index contributed by atoms with van der Waals surface area (Å²) in [6.45, 7) is 4.27. The first-order chi connectivity index (χ1) is 14.5. The van der Waals surface area contributed by atoms with Gasteiger partial charge in [-0.05, 0) is 63.4 Å². The number of anilines is 1. The second-order valence-electron chi connectivity index (χ2n) is 8.75. The molecule has 1 aromatic rings. The van der Waals surface area contributed by atoms with Crippen LogP contribution in [-0.4, -0.2) is 63.5 Å². The number of benzene rings is 1. The summed E-state index contributed by atoms with van der Waals surface area (Å²) in [7, 11) is -3.34. The van der Waals surface area contributed by atoms with Crippen molar-refractivity contribution in [2.45, 2.75) is 61.1 Å². The lowest BCUT2D eigenvalue weighted by atomic mass is 9.97. The van der Waals surface area contributed by atoms with E-state index in [2.05, 4.69) is 15.5 Å². The van der Waals surface area contributed by atoms with E-state index < -0.39 is 9.84 Å². The van der Waals surface area contributed by atoms with Crippen LogP contribution in [0.15, 0.2) is 29.2 Å². The van der Waals surface area contributed by atoms with Crippen LogP contribution in [0.3, 0.4) is 0 Å². The van der Waals surface area contributed by atoms with Crippen LogP contribution in [0, 0.1) is 5.92 Å². The fourth-order valence-electron chi connectivity index (χ4n) is 5.04. The Morgan fingerprint density at radius 3 is 2.60 bits per heavy atom. The van der Waals surface area contributed by atoms with Gasteiger partial charge < -0.3 is 15.4 Å². The maximum atomic E-state index is 12.8. The first-order valence-corrected chi connectivity index (χ1v) is 12.8. The number of carbonyl (C=O) groups excluding carboxylic acids is 1. The molecule has 1 saturated carbocycles. The number of carbonyl (C=O) groups is 1. The molecule has 3 fully saturated rings. The van der Waals surface area contributed by atoms with Crippen molar-refractivity contribution < 1.29 is 17.9 Å². The predicted molar refractivity (Wildman–Crippen MR) is 116 cm³/mol. The fourth-order valence-corrected chi connectivity index (χ4v) is 6.94. The smallest absolute Gasteiger partial charge is 0.319 e. The summed E-state index contributed by atoms with van der Waals surface area (Å²) < 4.78 is 31.2. The minimum Gasteiger partial charge on any atom is -0.381 e. The van der Waals surface area contributed by atoms with Crippen molar-refractivity contribution >= 4 is 21.6 Å². The molecule has 3 aliphatic rings. The average molecular weight is 436 g/mol. The highest BCUT2D eigenvalue weighted by Gasteiger charge is 2.32. The molecule has 0 radical (unpaired) electrons. The maximum absolute atomic E-state index is 12.8. The Morgan fingerprint density at radius 2 is 1.90 bits per heavy atom. The molecule has 2 aliphatic heterocycles. The van der Waals surface area contributed by atoms with Crippen molar-refractivity contribution in [1.29, 1.82) is 0 Å². The van der Waals surface area contributed by atoms with Gasteiger partial charge >= 0.3 is 6.03 Å². The van der Waals surface area contributed by atoms with Gasteiger partial charge in [-0.25, -0.2) is 13.2 Å². The van der Waals surface area contributed by atoms with E-state index >= 15 is 0 Å². The molecule has 0 bridgehead atoms. The number of sulfone groups is 1. The SMILES string of the molecule is O=C(NCC(C1CCOC1)N1CCCC1)Nc1cccc(S(=O)(=O)C2CCCC2)c1. The molecular weight excluding hydrogens is 402 g/mol. The monoisotopic (exact) mass is 435 g/mol. The highest BCUT2D eigenvalue weighted by atomic mass is 32.2. The van der Waals surface area contributed by atoms with Crippen LogP contribution >= 0.6 is 0 Å². The van der Waals surface area contributed by atoms with Gasteiger partial charge in [0.15, 0.2) is 9.84 Å². The number of ether oxygens (including phenoxy) is 1. The van der Waals surface area contributed by atoms with E-state index in [0.717, 1.165) is 58.4 Å². The zero-order chi connectivity index (χ0) is 21.0. The van der Waals surface area contributed by atoms with Crippen molar-refractivity contribution in [3.05, 3.63) is 24.3 Å². The molecule has 7 nitrogen and oxygen atoms in total. The number of nitrogens with zero attached hydrogens (tertiary/aromatic N) is 1. The Morgan fingerprint density at radius 1 is 1.13 bits per heavy atom. The zero-order valence-electron chi connectivity index (χ0n) is 17.5. The summed E-state index contributed by atoms with van der Waals surface area (Å²) in [5, 5.41) is 5.52. The molecule has 0 spiro atoms. The molecule has 166 valence electrons. The number of hydrogen-bond donors (Lipinski definition) is 2. The van der Waals surface area contributed by atoms with Crippen LogP contribution in [0.5, 0.6) is 0 Å². The number of urea groups is 1. The van der Waals surface area contributed by atoms with Crippen molar-refractivity contribution in [2.75, 3.05) is 38.2 Å². The highest BCUT2D eigenvalue weighted by molar-refractivity contribution is 7.92. The maximum Gasteiger partial charge on any atom is 0.319 e. The molecule has 1 aromatic carbocycles. The normalized spacial score (nSPS) is 24.2. The van der Waals surface area contributed by atoms with Crippen molar-refractivity contribution in [1.82, 2.24) is 10.2 Å². The molecular formula is C22H33N3O4S. The zero-order valence-corrected chi connectivity index (χ0v) is 18.3. The van der Waals surface area contributed by atoms with Crippen molar-refractivity contribution in [3.63, 3.8) is 0 Å². The van der Waals surface area contributed by atoms with Gasteiger partial charge in [-0.3, -0.25) is 4.90 Å². The van der Waals surface area contributed by atoms with E-state index in [-0.39, 0.29) is 17.3 Å². The number of nitrogens with one attached hydrogen (secondary N) is 2. The fraction of sp³-hybridized carbons (Fsp3) is 0.682. The molecule has 30 heavy (non-hydrogen) atoms. The highest BCUT2D eigenvalue weighted by Crippen LogP contribution is 2.30. The number of likely N-dealkylation sites (tertiary alicyclic amines) is 1. The quantitative estimate of drug-likeness (QED) is 0.687. The van der Waals surface area contributed by atoms with E-state index in [1.807, 2.05) is 0 Å². The predicted octanol–water partition coefficient (Wildman–Crippen LogP) is 3.03. The first kappa shape index (κ1) is 21.6. The first-order valence-electron chi connectivity index (χ1n) is 11.2. The van der Waals surface area contributed by atoms with Gasteiger partial charge in [0, 0.05) is 30.8 Å². The third kappa shape index (κ3) is 4.98. The van der Waals surface area contributed by atoms with Gasteiger partial charge in [0.2, 0.25) is 0 Å². The molecule has 2 atom stereocenters. The average Bonchev–Trinajstić information content (AvgIpc) is 3.51. The lowest BCUT2D eigenvalue weighted by Gasteiger charge is -2.32. The number of amides is 2. The van der Waals surface area contributed by atoms with Crippen LogP contribution < -0.4 is 10.6 Å². The van der Waals surface area contributed by atoms with Gasteiger partial charge in [-0.15, -0.1) is 0 Å². The van der Waals surface area contributed by atoms with Crippen LogP contribution in [0.2, 0.25) is 0 Å².